The maximum absolute atomic E-state index is 3.94. The zero-order chi connectivity index (χ0) is 5.40. The van der Waals surface area contributed by atoms with Gasteiger partial charge in [0, 0.05) is 17.8 Å². The molecule has 0 amide bonds. The van der Waals surface area contributed by atoms with E-state index < -0.39 is 0 Å². The number of hydrogen-bond acceptors (Lipinski definition) is 2. The molecule has 8 heavy (non-hydrogen) atoms. The molecule has 0 fully saturated rings. The second-order valence-electron chi connectivity index (χ2n) is 1.46. The molecule has 0 spiro atoms. The molecule has 1 radical (unpaired) electrons. The van der Waals surface area contributed by atoms with Crippen LogP contribution in [0.4, 0.5) is 0 Å². The van der Waals surface area contributed by atoms with E-state index in [9.17, 15) is 0 Å². The first-order valence-electron chi connectivity index (χ1n) is 2.25. The van der Waals surface area contributed by atoms with Gasteiger partial charge in [0.1, 0.15) is 6.20 Å². The van der Waals surface area contributed by atoms with E-state index in [1.165, 1.54) is 0 Å². The second kappa shape index (κ2) is 1.32. The number of nitrogens with zero attached hydrogens (tertiary/aromatic N) is 2. The Morgan fingerprint density at radius 3 is 3.62 bits per heavy atom. The topological polar surface area (TPSA) is 17.3 Å². The first kappa shape index (κ1) is 4.09. The highest BCUT2D eigenvalue weighted by Crippen LogP contribution is 2.05. The van der Waals surface area contributed by atoms with Crippen molar-refractivity contribution in [1.29, 1.82) is 0 Å². The summed E-state index contributed by atoms with van der Waals surface area (Å²) >= 11 is 1.61. The number of rotatable bonds is 0. The van der Waals surface area contributed by atoms with Gasteiger partial charge in [-0.1, -0.05) is 0 Å². The molecular weight excluding hydrogens is 120 g/mol. The van der Waals surface area contributed by atoms with Gasteiger partial charge in [0.2, 0.25) is 0 Å². The van der Waals surface area contributed by atoms with E-state index in [1.807, 2.05) is 22.2 Å². The molecule has 2 aromatic heterocycles. The van der Waals surface area contributed by atoms with Gasteiger partial charge in [0.05, 0.1) is 0 Å². The Labute approximate surface area is 50.4 Å². The Kier molecular flexibility index (Phi) is 0.676. The van der Waals surface area contributed by atoms with Crippen molar-refractivity contribution in [3.63, 3.8) is 0 Å². The van der Waals surface area contributed by atoms with Crippen molar-refractivity contribution >= 4 is 16.3 Å². The molecule has 0 N–H and O–H groups in total. The summed E-state index contributed by atoms with van der Waals surface area (Å²) in [4.78, 5) is 4.94. The third-order valence-corrected chi connectivity index (χ3v) is 1.74. The summed E-state index contributed by atoms with van der Waals surface area (Å²) in [6, 6.07) is 0. The van der Waals surface area contributed by atoms with Crippen LogP contribution < -0.4 is 0 Å². The molecule has 0 unspecified atom stereocenters. The second-order valence-corrected chi connectivity index (χ2v) is 2.34. The van der Waals surface area contributed by atoms with E-state index in [0.717, 1.165) is 4.96 Å². The molecule has 39 valence electrons. The van der Waals surface area contributed by atoms with E-state index in [1.54, 1.807) is 11.3 Å². The van der Waals surface area contributed by atoms with E-state index in [2.05, 4.69) is 11.2 Å². The fourth-order valence-corrected chi connectivity index (χ4v) is 1.26. The van der Waals surface area contributed by atoms with E-state index in [0.29, 0.717) is 0 Å². The fourth-order valence-electron chi connectivity index (χ4n) is 0.610. The normalized spacial score (nSPS) is 10.5. The van der Waals surface area contributed by atoms with E-state index in [4.69, 9.17) is 0 Å². The Bertz CT molecular complexity index is 232. The smallest absolute Gasteiger partial charge is 0.194 e. The molecule has 0 saturated heterocycles. The molecule has 2 rings (SSSR count). The number of imidazole rings is 1. The molecule has 0 aromatic carbocycles. The van der Waals surface area contributed by atoms with E-state index >= 15 is 0 Å². The summed E-state index contributed by atoms with van der Waals surface area (Å²) in [5.41, 5.74) is 0. The Hall–Kier alpha value is -0.830. The van der Waals surface area contributed by atoms with Crippen LogP contribution in [0.5, 0.6) is 0 Å². The van der Waals surface area contributed by atoms with Crippen LogP contribution >= 0.6 is 11.3 Å². The zero-order valence-corrected chi connectivity index (χ0v) is 4.85. The molecule has 3 heteroatoms. The summed E-state index contributed by atoms with van der Waals surface area (Å²) < 4.78 is 1.94. The largest absolute Gasteiger partial charge is 0.297 e. The van der Waals surface area contributed by atoms with Gasteiger partial charge in [0.15, 0.2) is 4.96 Å². The highest BCUT2D eigenvalue weighted by Gasteiger charge is 1.89. The Morgan fingerprint density at radius 1 is 1.75 bits per heavy atom. The first-order chi connectivity index (χ1) is 3.97. The molecule has 2 aromatic rings. The van der Waals surface area contributed by atoms with Gasteiger partial charge in [-0.25, -0.2) is 4.98 Å². The fraction of sp³-hybridized carbons (Fsp3) is 0. The summed E-state index contributed by atoms with van der Waals surface area (Å²) in [7, 11) is 0. The molecule has 0 aliphatic rings. The van der Waals surface area contributed by atoms with Crippen molar-refractivity contribution in [1.82, 2.24) is 9.38 Å². The minimum atomic E-state index is 1.00. The van der Waals surface area contributed by atoms with Crippen LogP contribution in [0.15, 0.2) is 17.8 Å². The van der Waals surface area contributed by atoms with E-state index in [-0.39, 0.29) is 0 Å². The van der Waals surface area contributed by atoms with Gasteiger partial charge in [-0.05, 0) is 0 Å². The summed E-state index contributed by atoms with van der Waals surface area (Å²) in [5, 5.41) is 2.00. The SMILES string of the molecule is [c]1cn2ccsc2n1. The van der Waals surface area contributed by atoms with Crippen LogP contribution in [0, 0.1) is 6.20 Å². The van der Waals surface area contributed by atoms with Crippen LogP contribution in [-0.2, 0) is 0 Å². The number of hydrogen-bond donors (Lipinski definition) is 0. The first-order valence-corrected chi connectivity index (χ1v) is 3.13. The van der Waals surface area contributed by atoms with Crippen molar-refractivity contribution < 1.29 is 0 Å². The lowest BCUT2D eigenvalue weighted by molar-refractivity contribution is 1.23. The highest BCUT2D eigenvalue weighted by atomic mass is 32.1. The van der Waals surface area contributed by atoms with Crippen LogP contribution in [0.1, 0.15) is 0 Å². The van der Waals surface area contributed by atoms with Gasteiger partial charge >= 0.3 is 0 Å². The molecule has 0 saturated carbocycles. The summed E-state index contributed by atoms with van der Waals surface area (Å²) in [5.74, 6) is 0. The monoisotopic (exact) mass is 123 g/mol. The van der Waals surface area contributed by atoms with Crippen LogP contribution in [0.2, 0.25) is 0 Å². The quantitative estimate of drug-likeness (QED) is 0.514. The lowest BCUT2D eigenvalue weighted by Gasteiger charge is -1.71. The number of fused-ring (bicyclic) bond motifs is 1. The molecule has 2 nitrogen and oxygen atoms in total. The minimum Gasteiger partial charge on any atom is -0.297 e. The average molecular weight is 123 g/mol. The predicted octanol–water partition coefficient (Wildman–Crippen LogP) is 1.20. The summed E-state index contributed by atoms with van der Waals surface area (Å²) in [6.07, 6.45) is 6.51. The van der Waals surface area contributed by atoms with Crippen LogP contribution in [-0.4, -0.2) is 9.38 Å². The third-order valence-electron chi connectivity index (χ3n) is 0.973. The van der Waals surface area contributed by atoms with Crippen LogP contribution in [0.3, 0.4) is 0 Å². The molecular formula is C5H3N2S. The lowest BCUT2D eigenvalue weighted by Crippen LogP contribution is -1.66. The molecule has 0 atom stereocenters. The molecule has 2 heterocycles. The van der Waals surface area contributed by atoms with Crippen LogP contribution in [0.25, 0.3) is 4.96 Å². The van der Waals surface area contributed by atoms with Gasteiger partial charge < -0.3 is 0 Å². The minimum absolute atomic E-state index is 1.00. The van der Waals surface area contributed by atoms with Gasteiger partial charge in [-0.2, -0.15) is 0 Å². The highest BCUT2D eigenvalue weighted by molar-refractivity contribution is 7.15. The molecule has 0 aliphatic carbocycles. The Morgan fingerprint density at radius 2 is 2.75 bits per heavy atom. The number of thiazole rings is 1. The summed E-state index contributed by atoms with van der Waals surface area (Å²) in [6.45, 7) is 0. The van der Waals surface area contributed by atoms with Gasteiger partial charge in [-0.3, -0.25) is 4.40 Å². The average Bonchev–Trinajstić information content (AvgIpc) is 2.15. The molecule has 0 bridgehead atoms. The van der Waals surface area contributed by atoms with Crippen molar-refractivity contribution in [3.05, 3.63) is 24.0 Å². The maximum atomic E-state index is 3.94. The standard InChI is InChI=1S/C5H3N2S/c1-2-7-3-4-8-5(7)6-1/h2-4H. The maximum Gasteiger partial charge on any atom is 0.194 e. The lowest BCUT2D eigenvalue weighted by atomic mass is 10.9. The molecule has 0 aliphatic heterocycles. The van der Waals surface area contributed by atoms with Gasteiger partial charge in [-0.15, -0.1) is 11.3 Å². The Balaban J connectivity index is 3.06. The van der Waals surface area contributed by atoms with Crippen molar-refractivity contribution in [2.24, 2.45) is 0 Å². The zero-order valence-electron chi connectivity index (χ0n) is 4.03. The number of aromatic nitrogens is 2. The predicted molar refractivity (Wildman–Crippen MR) is 31.9 cm³/mol. The van der Waals surface area contributed by atoms with Gasteiger partial charge in [0.25, 0.3) is 0 Å². The van der Waals surface area contributed by atoms with Crippen molar-refractivity contribution in [2.75, 3.05) is 0 Å². The van der Waals surface area contributed by atoms with Crippen molar-refractivity contribution in [3.8, 4) is 0 Å². The third kappa shape index (κ3) is 0.391. The van der Waals surface area contributed by atoms with Crippen molar-refractivity contribution in [2.45, 2.75) is 0 Å².